The lowest BCUT2D eigenvalue weighted by Crippen LogP contribution is -2.28. The third-order valence-electron chi connectivity index (χ3n) is 4.00. The number of nitriles is 1. The molecule has 0 saturated heterocycles. The first-order valence-corrected chi connectivity index (χ1v) is 9.92. The van der Waals surface area contributed by atoms with E-state index in [4.69, 9.17) is 9.15 Å². The molecule has 0 aliphatic rings. The van der Waals surface area contributed by atoms with Crippen LogP contribution in [0.3, 0.4) is 0 Å². The maximum Gasteiger partial charge on any atom is 0.325 e. The second-order valence-electron chi connectivity index (χ2n) is 7.44. The quantitative estimate of drug-likeness (QED) is 0.480. The van der Waals surface area contributed by atoms with Gasteiger partial charge in [-0.2, -0.15) is 5.26 Å². The lowest BCUT2D eigenvalue weighted by atomic mass is 10.00. The molecule has 1 heterocycles. The Morgan fingerprint density at radius 2 is 1.76 bits per heavy atom. The number of furan rings is 1. The van der Waals surface area contributed by atoms with Crippen molar-refractivity contribution >= 4 is 27.8 Å². The van der Waals surface area contributed by atoms with E-state index < -0.39 is 11.6 Å². The minimum Gasteiger partial charge on any atom is -0.459 e. The van der Waals surface area contributed by atoms with E-state index in [0.29, 0.717) is 22.8 Å². The molecule has 0 atom stereocenters. The highest BCUT2D eigenvalue weighted by molar-refractivity contribution is 9.10. The van der Waals surface area contributed by atoms with Gasteiger partial charge >= 0.3 is 5.97 Å². The zero-order valence-corrected chi connectivity index (χ0v) is 18.0. The second kappa shape index (κ2) is 8.54. The minimum absolute atomic E-state index is 0.0760. The van der Waals surface area contributed by atoms with Crippen molar-refractivity contribution in [2.24, 2.45) is 0 Å². The van der Waals surface area contributed by atoms with Crippen molar-refractivity contribution in [3.05, 3.63) is 64.6 Å². The van der Waals surface area contributed by atoms with E-state index in [2.05, 4.69) is 27.3 Å². The van der Waals surface area contributed by atoms with Gasteiger partial charge in [-0.3, -0.25) is 4.79 Å². The summed E-state index contributed by atoms with van der Waals surface area (Å²) in [7, 11) is 0. The molecule has 1 aromatic heterocycles. The zero-order chi connectivity index (χ0) is 21.0. The van der Waals surface area contributed by atoms with Crippen LogP contribution in [0.5, 0.6) is 0 Å². The van der Waals surface area contributed by atoms with Crippen molar-refractivity contribution in [2.45, 2.75) is 26.4 Å². The van der Waals surface area contributed by atoms with Gasteiger partial charge in [0.05, 0.1) is 5.56 Å². The third kappa shape index (κ3) is 5.07. The summed E-state index contributed by atoms with van der Waals surface area (Å²) in [5.41, 5.74) is 2.03. The Balaban J connectivity index is 2.04. The average Bonchev–Trinajstić information content (AvgIpc) is 3.05. The molecule has 0 spiro atoms. The van der Waals surface area contributed by atoms with Crippen LogP contribution in [0.1, 0.15) is 26.3 Å². The van der Waals surface area contributed by atoms with Crippen LogP contribution in [0.2, 0.25) is 0 Å². The van der Waals surface area contributed by atoms with E-state index in [0.717, 1.165) is 15.6 Å². The highest BCUT2D eigenvalue weighted by atomic mass is 79.9. The number of esters is 1. The average molecular weight is 453 g/mol. The first kappa shape index (κ1) is 20.7. The van der Waals surface area contributed by atoms with Gasteiger partial charge in [0.2, 0.25) is 5.88 Å². The molecule has 0 aliphatic carbocycles. The van der Waals surface area contributed by atoms with Crippen LogP contribution in [-0.4, -0.2) is 18.1 Å². The van der Waals surface area contributed by atoms with Crippen molar-refractivity contribution in [1.29, 1.82) is 5.26 Å². The van der Waals surface area contributed by atoms with E-state index in [1.54, 1.807) is 0 Å². The zero-order valence-electron chi connectivity index (χ0n) is 16.5. The summed E-state index contributed by atoms with van der Waals surface area (Å²) < 4.78 is 12.3. The van der Waals surface area contributed by atoms with Gasteiger partial charge in [0, 0.05) is 10.0 Å². The Bertz CT molecular complexity index is 1040. The molecule has 29 heavy (non-hydrogen) atoms. The highest BCUT2D eigenvalue weighted by Crippen LogP contribution is 2.41. The van der Waals surface area contributed by atoms with Crippen LogP contribution < -0.4 is 5.32 Å². The van der Waals surface area contributed by atoms with Crippen LogP contribution in [0, 0.1) is 11.3 Å². The van der Waals surface area contributed by atoms with Gasteiger partial charge in [-0.25, -0.2) is 0 Å². The molecular formula is C23H21BrN2O3. The maximum absolute atomic E-state index is 12.2. The third-order valence-corrected chi connectivity index (χ3v) is 4.53. The monoisotopic (exact) mass is 452 g/mol. The fourth-order valence-electron chi connectivity index (χ4n) is 2.88. The first-order chi connectivity index (χ1) is 13.8. The fraction of sp³-hybridized carbons (Fsp3) is 0.217. The molecule has 6 heteroatoms. The van der Waals surface area contributed by atoms with Crippen molar-refractivity contribution in [3.8, 4) is 28.5 Å². The molecule has 0 saturated carbocycles. The number of nitrogens with one attached hydrogen (secondary N) is 1. The van der Waals surface area contributed by atoms with Crippen molar-refractivity contribution in [2.75, 3.05) is 11.9 Å². The molecule has 2 aromatic carbocycles. The summed E-state index contributed by atoms with van der Waals surface area (Å²) in [5.74, 6) is 0.404. The van der Waals surface area contributed by atoms with Gasteiger partial charge in [0.15, 0.2) is 5.76 Å². The van der Waals surface area contributed by atoms with E-state index in [1.165, 1.54) is 0 Å². The second-order valence-corrected chi connectivity index (χ2v) is 8.35. The van der Waals surface area contributed by atoms with Gasteiger partial charge in [0.1, 0.15) is 23.8 Å². The number of halogens is 1. The van der Waals surface area contributed by atoms with Gasteiger partial charge in [0.25, 0.3) is 0 Å². The van der Waals surface area contributed by atoms with E-state index in [-0.39, 0.29) is 6.54 Å². The number of rotatable bonds is 5. The topological polar surface area (TPSA) is 75.3 Å². The molecule has 1 N–H and O–H groups in total. The van der Waals surface area contributed by atoms with Crippen LogP contribution in [0.25, 0.3) is 22.5 Å². The van der Waals surface area contributed by atoms with E-state index >= 15 is 0 Å². The first-order valence-electron chi connectivity index (χ1n) is 9.12. The molecule has 3 aromatic rings. The van der Waals surface area contributed by atoms with Gasteiger partial charge in [-0.1, -0.05) is 58.4 Å². The van der Waals surface area contributed by atoms with E-state index in [9.17, 15) is 10.1 Å². The normalized spacial score (nSPS) is 11.0. The van der Waals surface area contributed by atoms with Crippen molar-refractivity contribution in [3.63, 3.8) is 0 Å². The molecule has 0 amide bonds. The van der Waals surface area contributed by atoms with Crippen LogP contribution in [0.4, 0.5) is 5.88 Å². The molecule has 0 aliphatic heterocycles. The predicted octanol–water partition coefficient (Wildman–Crippen LogP) is 6.00. The molecular weight excluding hydrogens is 432 g/mol. The van der Waals surface area contributed by atoms with Crippen LogP contribution in [0.15, 0.2) is 63.5 Å². The number of ether oxygens (including phenoxy) is 1. The van der Waals surface area contributed by atoms with Crippen LogP contribution >= 0.6 is 15.9 Å². The number of carbonyl (C=O) groups is 1. The number of hydrogen-bond acceptors (Lipinski definition) is 5. The van der Waals surface area contributed by atoms with Gasteiger partial charge < -0.3 is 14.5 Å². The minimum atomic E-state index is -0.580. The Morgan fingerprint density at radius 3 is 2.34 bits per heavy atom. The fourth-order valence-corrected chi connectivity index (χ4v) is 3.14. The Morgan fingerprint density at radius 1 is 1.10 bits per heavy atom. The summed E-state index contributed by atoms with van der Waals surface area (Å²) in [6.45, 7) is 5.36. The number of benzene rings is 2. The molecule has 148 valence electrons. The molecule has 0 bridgehead atoms. The van der Waals surface area contributed by atoms with Gasteiger partial charge in [-0.15, -0.1) is 0 Å². The number of nitrogens with zero attached hydrogens (tertiary/aromatic N) is 1. The van der Waals surface area contributed by atoms with E-state index in [1.807, 2.05) is 75.4 Å². The highest BCUT2D eigenvalue weighted by Gasteiger charge is 2.24. The number of carbonyl (C=O) groups excluding carboxylic acids is 1. The lowest BCUT2D eigenvalue weighted by Gasteiger charge is -2.19. The molecule has 0 radical (unpaired) electrons. The number of hydrogen-bond donors (Lipinski definition) is 1. The standard InChI is InChI=1S/C23H21BrN2O3/c1-23(2,3)29-19(27)14-26-22-20(15-9-11-17(24)12-10-15)18(13-25)21(28-22)16-7-5-4-6-8-16/h4-12,26H,14H2,1-3H3. The van der Waals surface area contributed by atoms with Crippen molar-refractivity contribution < 1.29 is 13.9 Å². The summed E-state index contributed by atoms with van der Waals surface area (Å²) in [6.07, 6.45) is 0. The molecule has 0 fully saturated rings. The Kier molecular flexibility index (Phi) is 6.09. The molecule has 0 unspecified atom stereocenters. The Labute approximate surface area is 178 Å². The summed E-state index contributed by atoms with van der Waals surface area (Å²) >= 11 is 3.43. The van der Waals surface area contributed by atoms with Crippen molar-refractivity contribution in [1.82, 2.24) is 0 Å². The molecule has 3 rings (SSSR count). The van der Waals surface area contributed by atoms with Crippen LogP contribution in [-0.2, 0) is 9.53 Å². The maximum atomic E-state index is 12.2. The SMILES string of the molecule is CC(C)(C)OC(=O)CNc1oc(-c2ccccc2)c(C#N)c1-c1ccc(Br)cc1. The summed E-state index contributed by atoms with van der Waals surface area (Å²) in [5, 5.41) is 12.9. The largest absolute Gasteiger partial charge is 0.459 e. The summed E-state index contributed by atoms with van der Waals surface area (Å²) in [6, 6.07) is 19.2. The Hall–Kier alpha value is -3.04. The predicted molar refractivity (Wildman–Crippen MR) is 116 cm³/mol. The molecule has 5 nitrogen and oxygen atoms in total. The summed E-state index contributed by atoms with van der Waals surface area (Å²) in [4.78, 5) is 12.2. The number of anilines is 1. The smallest absolute Gasteiger partial charge is 0.325 e. The lowest BCUT2D eigenvalue weighted by molar-refractivity contribution is -0.152. The van der Waals surface area contributed by atoms with Gasteiger partial charge in [-0.05, 0) is 38.5 Å².